The molecule has 4 nitrogen and oxygen atoms in total. The van der Waals surface area contributed by atoms with Crippen LogP contribution >= 0.6 is 0 Å². The molecule has 0 unspecified atom stereocenters. The first kappa shape index (κ1) is 14.1. The molecule has 1 aliphatic heterocycles. The fourth-order valence-electron chi connectivity index (χ4n) is 4.88. The van der Waals surface area contributed by atoms with Gasteiger partial charge in [-0.2, -0.15) is 0 Å². The smallest absolute Gasteiger partial charge is 0.242 e. The number of fused-ring (bicyclic) bond motifs is 1. The van der Waals surface area contributed by atoms with E-state index in [4.69, 9.17) is 0 Å². The Morgan fingerprint density at radius 1 is 1.45 bits per heavy atom. The van der Waals surface area contributed by atoms with Crippen LogP contribution in [0.25, 0.3) is 0 Å². The Bertz CT molecular complexity index is 580. The number of hydrogen-bond acceptors (Lipinski definition) is 3. The highest BCUT2D eigenvalue weighted by Crippen LogP contribution is 2.70. The molecule has 3 aliphatic rings. The van der Waals surface area contributed by atoms with Crippen LogP contribution in [0.15, 0.2) is 12.7 Å². The average molecular weight is 297 g/mol. The zero-order valence-corrected chi connectivity index (χ0v) is 13.2. The third-order valence-corrected chi connectivity index (χ3v) is 8.29. The predicted molar refractivity (Wildman–Crippen MR) is 77.3 cm³/mol. The van der Waals surface area contributed by atoms with E-state index in [9.17, 15) is 13.2 Å². The molecule has 4 atom stereocenters. The molecule has 1 amide bonds. The van der Waals surface area contributed by atoms with E-state index in [0.717, 1.165) is 19.3 Å². The monoisotopic (exact) mass is 297 g/mol. The van der Waals surface area contributed by atoms with Crippen molar-refractivity contribution in [1.29, 1.82) is 0 Å². The van der Waals surface area contributed by atoms with E-state index in [0.29, 0.717) is 5.92 Å². The largest absolute Gasteiger partial charge is 0.273 e. The number of carbonyl (C=O) groups is 1. The van der Waals surface area contributed by atoms with Crippen molar-refractivity contribution in [3.05, 3.63) is 12.7 Å². The van der Waals surface area contributed by atoms with Crippen molar-refractivity contribution in [2.45, 2.75) is 46.1 Å². The van der Waals surface area contributed by atoms with Crippen molar-refractivity contribution in [2.75, 3.05) is 5.75 Å². The van der Waals surface area contributed by atoms with E-state index in [1.54, 1.807) is 6.92 Å². The van der Waals surface area contributed by atoms with Crippen LogP contribution in [-0.2, 0) is 14.8 Å². The first-order valence-corrected chi connectivity index (χ1v) is 8.97. The SMILES string of the molecule is C=C[C@H](C)C(=O)N1[C@H]2C[C@@H]3CC[C@@]2(CS1(=O)=O)C3(C)C. The Hall–Kier alpha value is -0.840. The molecular formula is C15H23NO3S. The lowest BCUT2D eigenvalue weighted by Crippen LogP contribution is -2.45. The molecule has 2 bridgehead atoms. The third kappa shape index (κ3) is 1.42. The Labute approximate surface area is 121 Å². The van der Waals surface area contributed by atoms with Crippen LogP contribution in [0.1, 0.15) is 40.0 Å². The molecule has 2 saturated carbocycles. The highest BCUT2D eigenvalue weighted by Gasteiger charge is 2.72. The van der Waals surface area contributed by atoms with Gasteiger partial charge in [0.1, 0.15) is 0 Å². The zero-order valence-electron chi connectivity index (χ0n) is 12.4. The van der Waals surface area contributed by atoms with Gasteiger partial charge in [-0.1, -0.05) is 26.8 Å². The molecule has 20 heavy (non-hydrogen) atoms. The van der Waals surface area contributed by atoms with Crippen LogP contribution < -0.4 is 0 Å². The van der Waals surface area contributed by atoms with E-state index >= 15 is 0 Å². The minimum absolute atomic E-state index is 0.0111. The van der Waals surface area contributed by atoms with Crippen molar-refractivity contribution in [1.82, 2.24) is 4.31 Å². The molecule has 0 aromatic heterocycles. The van der Waals surface area contributed by atoms with Gasteiger partial charge < -0.3 is 0 Å². The van der Waals surface area contributed by atoms with Gasteiger partial charge in [0.25, 0.3) is 0 Å². The number of sulfonamides is 1. The quantitative estimate of drug-likeness (QED) is 0.734. The summed E-state index contributed by atoms with van der Waals surface area (Å²) in [6.45, 7) is 9.71. The topological polar surface area (TPSA) is 54.5 Å². The maximum absolute atomic E-state index is 12.6. The first-order chi connectivity index (χ1) is 9.17. The standard InChI is InChI=1S/C15H23NO3S/c1-5-10(2)13(17)16-12-8-11-6-7-15(12,14(11,3)4)9-20(16,18)19/h5,10-12H,1,6-9H2,2-4H3/t10-,11-,12-,15-/m0/s1. The van der Waals surface area contributed by atoms with Crippen LogP contribution in [0, 0.1) is 22.7 Å². The van der Waals surface area contributed by atoms with E-state index in [1.165, 1.54) is 10.4 Å². The van der Waals surface area contributed by atoms with Gasteiger partial charge in [-0.3, -0.25) is 4.79 Å². The second kappa shape index (κ2) is 3.87. The van der Waals surface area contributed by atoms with E-state index in [1.807, 2.05) is 0 Å². The lowest BCUT2D eigenvalue weighted by Gasteiger charge is -2.37. The normalized spacial score (nSPS) is 41.5. The summed E-state index contributed by atoms with van der Waals surface area (Å²) < 4.78 is 26.4. The minimum atomic E-state index is -3.48. The lowest BCUT2D eigenvalue weighted by molar-refractivity contribution is -0.131. The molecule has 112 valence electrons. The Kier molecular flexibility index (Phi) is 2.73. The summed E-state index contributed by atoms with van der Waals surface area (Å²) in [4.78, 5) is 12.5. The fourth-order valence-corrected chi connectivity index (χ4v) is 7.50. The van der Waals surface area contributed by atoms with Crippen molar-refractivity contribution in [3.63, 3.8) is 0 Å². The summed E-state index contributed by atoms with van der Waals surface area (Å²) in [5.41, 5.74) is -0.218. The number of hydrogen-bond donors (Lipinski definition) is 0. The highest BCUT2D eigenvalue weighted by molar-refractivity contribution is 7.90. The Balaban J connectivity index is 2.07. The molecule has 0 aromatic rings. The van der Waals surface area contributed by atoms with Crippen LogP contribution in [0.3, 0.4) is 0 Å². The van der Waals surface area contributed by atoms with Gasteiger partial charge in [-0.15, -0.1) is 6.58 Å². The van der Waals surface area contributed by atoms with Crippen molar-refractivity contribution < 1.29 is 13.2 Å². The summed E-state index contributed by atoms with van der Waals surface area (Å²) in [5.74, 6) is -0.0613. The number of nitrogens with zero attached hydrogens (tertiary/aromatic N) is 1. The molecule has 1 spiro atoms. The Morgan fingerprint density at radius 3 is 2.65 bits per heavy atom. The summed E-state index contributed by atoms with van der Waals surface area (Å²) in [6.07, 6.45) is 4.39. The number of carbonyl (C=O) groups excluding carboxylic acids is 1. The van der Waals surface area contributed by atoms with Crippen molar-refractivity contribution >= 4 is 15.9 Å². The fraction of sp³-hybridized carbons (Fsp3) is 0.800. The average Bonchev–Trinajstić information content (AvgIpc) is 2.83. The second-order valence-electron chi connectivity index (χ2n) is 7.28. The molecule has 3 rings (SSSR count). The summed E-state index contributed by atoms with van der Waals surface area (Å²) in [5, 5.41) is 0. The first-order valence-electron chi connectivity index (χ1n) is 7.36. The molecule has 5 heteroatoms. The molecule has 1 heterocycles. The lowest BCUT2D eigenvalue weighted by atomic mass is 9.69. The van der Waals surface area contributed by atoms with Gasteiger partial charge in [-0.25, -0.2) is 12.7 Å². The third-order valence-electron chi connectivity index (χ3n) is 6.37. The maximum Gasteiger partial charge on any atom is 0.242 e. The summed E-state index contributed by atoms with van der Waals surface area (Å²) in [6, 6.07) is -0.129. The zero-order chi connectivity index (χ0) is 14.9. The number of amides is 1. The van der Waals surface area contributed by atoms with Crippen LogP contribution in [0.5, 0.6) is 0 Å². The predicted octanol–water partition coefficient (Wildman–Crippen LogP) is 2.18. The Morgan fingerprint density at radius 2 is 2.10 bits per heavy atom. The summed E-state index contributed by atoms with van der Waals surface area (Å²) in [7, 11) is -3.48. The van der Waals surface area contributed by atoms with Crippen molar-refractivity contribution in [3.8, 4) is 0 Å². The molecule has 0 radical (unpaired) electrons. The molecule has 0 aromatic carbocycles. The van der Waals surface area contributed by atoms with Crippen LogP contribution in [-0.4, -0.2) is 30.4 Å². The second-order valence-corrected chi connectivity index (χ2v) is 9.13. The molecule has 3 fully saturated rings. The molecule has 2 aliphatic carbocycles. The van der Waals surface area contributed by atoms with Gasteiger partial charge >= 0.3 is 0 Å². The summed E-state index contributed by atoms with van der Waals surface area (Å²) >= 11 is 0. The van der Waals surface area contributed by atoms with Gasteiger partial charge in [0.15, 0.2) is 0 Å². The molecule has 1 saturated heterocycles. The van der Waals surface area contributed by atoms with Crippen LogP contribution in [0.2, 0.25) is 0 Å². The number of rotatable bonds is 2. The minimum Gasteiger partial charge on any atom is -0.273 e. The van der Waals surface area contributed by atoms with Crippen LogP contribution in [0.4, 0.5) is 0 Å². The molecule has 0 N–H and O–H groups in total. The van der Waals surface area contributed by atoms with E-state index in [-0.39, 0.29) is 28.5 Å². The van der Waals surface area contributed by atoms with E-state index < -0.39 is 15.9 Å². The maximum atomic E-state index is 12.6. The van der Waals surface area contributed by atoms with Gasteiger partial charge in [-0.05, 0) is 30.6 Å². The highest BCUT2D eigenvalue weighted by atomic mass is 32.2. The van der Waals surface area contributed by atoms with Crippen molar-refractivity contribution in [2.24, 2.45) is 22.7 Å². The van der Waals surface area contributed by atoms with Gasteiger partial charge in [0.2, 0.25) is 15.9 Å². The van der Waals surface area contributed by atoms with Gasteiger partial charge in [0, 0.05) is 5.41 Å². The van der Waals surface area contributed by atoms with E-state index in [2.05, 4.69) is 20.4 Å². The van der Waals surface area contributed by atoms with Gasteiger partial charge in [0.05, 0.1) is 17.7 Å². The molecular weight excluding hydrogens is 274 g/mol.